The van der Waals surface area contributed by atoms with Crippen LogP contribution in [0.3, 0.4) is 0 Å². The van der Waals surface area contributed by atoms with Crippen molar-refractivity contribution in [1.82, 2.24) is 19.9 Å². The Morgan fingerprint density at radius 2 is 2.00 bits per heavy atom. The number of hydrogen-bond donors (Lipinski definition) is 2. The largest absolute Gasteiger partial charge is 0.364 e. The van der Waals surface area contributed by atoms with E-state index >= 15 is 0 Å². The van der Waals surface area contributed by atoms with Crippen molar-refractivity contribution in [2.24, 2.45) is 0 Å². The molecule has 90 valence electrons. The summed E-state index contributed by atoms with van der Waals surface area (Å²) in [5.41, 5.74) is 3.75. The summed E-state index contributed by atoms with van der Waals surface area (Å²) in [5.74, 6) is 0.818. The number of pyridine rings is 1. The smallest absolute Gasteiger partial charge is 0.156 e. The molecule has 0 aromatic carbocycles. The molecular weight excluding hydrogens is 226 g/mol. The van der Waals surface area contributed by atoms with Gasteiger partial charge in [0.15, 0.2) is 5.65 Å². The van der Waals surface area contributed by atoms with Crippen LogP contribution in [0.2, 0.25) is 0 Å². The molecule has 0 aliphatic carbocycles. The molecule has 0 atom stereocenters. The molecule has 3 heterocycles. The number of aryl methyl sites for hydroxylation is 1. The summed E-state index contributed by atoms with van der Waals surface area (Å²) in [6.45, 7) is 2.66. The van der Waals surface area contributed by atoms with E-state index in [0.29, 0.717) is 6.54 Å². The zero-order chi connectivity index (χ0) is 12.4. The predicted molar refractivity (Wildman–Crippen MR) is 70.2 cm³/mol. The van der Waals surface area contributed by atoms with E-state index < -0.39 is 0 Å². The van der Waals surface area contributed by atoms with Crippen LogP contribution in [0.4, 0.5) is 5.82 Å². The molecule has 0 fully saturated rings. The van der Waals surface area contributed by atoms with Crippen molar-refractivity contribution >= 4 is 17.0 Å². The molecule has 0 bridgehead atoms. The van der Waals surface area contributed by atoms with Gasteiger partial charge in [-0.2, -0.15) is 0 Å². The number of nitrogens with one attached hydrogen (secondary N) is 2. The normalized spacial score (nSPS) is 10.7. The summed E-state index contributed by atoms with van der Waals surface area (Å²) in [6, 6.07) is 5.87. The fourth-order valence-electron chi connectivity index (χ4n) is 1.81. The Morgan fingerprint density at radius 1 is 1.17 bits per heavy atom. The Hall–Kier alpha value is -2.43. The zero-order valence-electron chi connectivity index (χ0n) is 10.0. The van der Waals surface area contributed by atoms with Crippen LogP contribution in [0.15, 0.2) is 36.8 Å². The van der Waals surface area contributed by atoms with E-state index in [4.69, 9.17) is 0 Å². The van der Waals surface area contributed by atoms with Crippen molar-refractivity contribution in [2.75, 3.05) is 5.32 Å². The number of aromatic nitrogens is 4. The highest BCUT2D eigenvalue weighted by atomic mass is 15.0. The Morgan fingerprint density at radius 3 is 2.83 bits per heavy atom. The van der Waals surface area contributed by atoms with Gasteiger partial charge in [0, 0.05) is 25.1 Å². The maximum absolute atomic E-state index is 4.53. The lowest BCUT2D eigenvalue weighted by Gasteiger charge is -2.07. The number of aromatic amines is 1. The second-order valence-electron chi connectivity index (χ2n) is 4.08. The first-order valence-electron chi connectivity index (χ1n) is 5.77. The molecule has 0 unspecified atom stereocenters. The average Bonchev–Trinajstić information content (AvgIpc) is 2.84. The van der Waals surface area contributed by atoms with Crippen molar-refractivity contribution in [3.63, 3.8) is 0 Å². The van der Waals surface area contributed by atoms with Crippen LogP contribution in [0, 0.1) is 6.92 Å². The Bertz CT molecular complexity index is 659. The molecule has 0 aliphatic rings. The fraction of sp³-hybridized carbons (Fsp3) is 0.154. The number of anilines is 1. The monoisotopic (exact) mass is 239 g/mol. The first-order chi connectivity index (χ1) is 8.83. The van der Waals surface area contributed by atoms with Gasteiger partial charge in [-0.15, -0.1) is 0 Å². The van der Waals surface area contributed by atoms with Gasteiger partial charge < -0.3 is 10.3 Å². The molecular formula is C13H13N5. The van der Waals surface area contributed by atoms with Crippen LogP contribution in [0.25, 0.3) is 11.2 Å². The lowest BCUT2D eigenvalue weighted by Crippen LogP contribution is -2.04. The number of H-pyrrole nitrogens is 1. The van der Waals surface area contributed by atoms with Crippen LogP contribution in [-0.4, -0.2) is 19.9 Å². The molecule has 0 saturated heterocycles. The zero-order valence-corrected chi connectivity index (χ0v) is 10.0. The van der Waals surface area contributed by atoms with Gasteiger partial charge in [0.05, 0.1) is 5.69 Å². The highest BCUT2D eigenvalue weighted by Crippen LogP contribution is 2.15. The first-order valence-corrected chi connectivity index (χ1v) is 5.77. The van der Waals surface area contributed by atoms with E-state index in [1.165, 1.54) is 5.56 Å². The number of hydrogen-bond acceptors (Lipinski definition) is 4. The molecule has 5 nitrogen and oxygen atoms in total. The van der Waals surface area contributed by atoms with E-state index in [-0.39, 0.29) is 0 Å². The molecule has 0 amide bonds. The van der Waals surface area contributed by atoms with Crippen molar-refractivity contribution < 1.29 is 0 Å². The summed E-state index contributed by atoms with van der Waals surface area (Å²) in [6.07, 6.45) is 5.41. The minimum atomic E-state index is 0.716. The Kier molecular flexibility index (Phi) is 2.64. The van der Waals surface area contributed by atoms with Crippen molar-refractivity contribution in [1.29, 1.82) is 0 Å². The van der Waals surface area contributed by atoms with Crippen LogP contribution < -0.4 is 5.32 Å². The van der Waals surface area contributed by atoms with Gasteiger partial charge >= 0.3 is 0 Å². The average molecular weight is 239 g/mol. The minimum Gasteiger partial charge on any atom is -0.364 e. The molecule has 3 rings (SSSR count). The second-order valence-corrected chi connectivity index (χ2v) is 4.08. The maximum Gasteiger partial charge on any atom is 0.156 e. The summed E-state index contributed by atoms with van der Waals surface area (Å²) in [5, 5.41) is 3.30. The van der Waals surface area contributed by atoms with Gasteiger partial charge in [0.2, 0.25) is 0 Å². The molecule has 5 heteroatoms. The second kappa shape index (κ2) is 4.44. The molecule has 0 spiro atoms. The summed E-state index contributed by atoms with van der Waals surface area (Å²) in [7, 11) is 0. The van der Waals surface area contributed by atoms with E-state index in [1.807, 2.05) is 31.3 Å². The summed E-state index contributed by atoms with van der Waals surface area (Å²) >= 11 is 0. The predicted octanol–water partition coefficient (Wildman–Crippen LogP) is 2.27. The van der Waals surface area contributed by atoms with Gasteiger partial charge in [0.1, 0.15) is 11.3 Å². The first kappa shape index (κ1) is 10.7. The molecule has 18 heavy (non-hydrogen) atoms. The van der Waals surface area contributed by atoms with Gasteiger partial charge in [-0.25, -0.2) is 9.97 Å². The molecule has 2 N–H and O–H groups in total. The van der Waals surface area contributed by atoms with Gasteiger partial charge in [-0.05, 0) is 30.7 Å². The van der Waals surface area contributed by atoms with Crippen molar-refractivity contribution in [2.45, 2.75) is 13.5 Å². The number of fused-ring (bicyclic) bond motifs is 1. The number of nitrogens with zero attached hydrogens (tertiary/aromatic N) is 3. The molecule has 3 aromatic heterocycles. The Labute approximate surface area is 104 Å². The molecule has 0 radical (unpaired) electrons. The van der Waals surface area contributed by atoms with E-state index in [9.17, 15) is 0 Å². The standard InChI is InChI=1S/C13H13N5/c1-9-12(16-8-10-2-5-14-6-3-10)18-11-4-7-15-13(11)17-9/h2-7H,8H2,1H3,(H,15,17)(H,16,18). The van der Waals surface area contributed by atoms with Crippen molar-refractivity contribution in [3.8, 4) is 0 Å². The van der Waals surface area contributed by atoms with Crippen molar-refractivity contribution in [3.05, 3.63) is 48.0 Å². The highest BCUT2D eigenvalue weighted by Gasteiger charge is 2.05. The third-order valence-corrected chi connectivity index (χ3v) is 2.77. The lowest BCUT2D eigenvalue weighted by atomic mass is 10.2. The van der Waals surface area contributed by atoms with Crippen LogP contribution in [-0.2, 0) is 6.54 Å². The van der Waals surface area contributed by atoms with E-state index in [2.05, 4.69) is 25.3 Å². The van der Waals surface area contributed by atoms with Crippen LogP contribution >= 0.6 is 0 Å². The third-order valence-electron chi connectivity index (χ3n) is 2.77. The fourth-order valence-corrected chi connectivity index (χ4v) is 1.81. The van der Waals surface area contributed by atoms with E-state index in [0.717, 1.165) is 22.7 Å². The topological polar surface area (TPSA) is 66.5 Å². The molecule has 3 aromatic rings. The summed E-state index contributed by atoms with van der Waals surface area (Å²) in [4.78, 5) is 16.0. The molecule has 0 saturated carbocycles. The quantitative estimate of drug-likeness (QED) is 0.735. The van der Waals surface area contributed by atoms with Gasteiger partial charge in [0.25, 0.3) is 0 Å². The van der Waals surface area contributed by atoms with Crippen LogP contribution in [0.1, 0.15) is 11.3 Å². The SMILES string of the molecule is Cc1nc2[nH]ccc2nc1NCc1ccncc1. The number of rotatable bonds is 3. The van der Waals surface area contributed by atoms with Gasteiger partial charge in [-0.3, -0.25) is 4.98 Å². The van der Waals surface area contributed by atoms with Crippen LogP contribution in [0.5, 0.6) is 0 Å². The third kappa shape index (κ3) is 2.02. The summed E-state index contributed by atoms with van der Waals surface area (Å²) < 4.78 is 0. The Balaban J connectivity index is 1.84. The highest BCUT2D eigenvalue weighted by molar-refractivity contribution is 5.72. The van der Waals surface area contributed by atoms with E-state index in [1.54, 1.807) is 12.4 Å². The van der Waals surface area contributed by atoms with Gasteiger partial charge in [-0.1, -0.05) is 0 Å². The lowest BCUT2D eigenvalue weighted by molar-refractivity contribution is 1.07. The molecule has 0 aliphatic heterocycles. The minimum absolute atomic E-state index is 0.716. The maximum atomic E-state index is 4.53.